The lowest BCUT2D eigenvalue weighted by Gasteiger charge is -2.40. The predicted octanol–water partition coefficient (Wildman–Crippen LogP) is 4.88. The number of hydrogen-bond donors (Lipinski definition) is 0. The van der Waals surface area contributed by atoms with Gasteiger partial charge in [0.1, 0.15) is 0 Å². The molecule has 2 heteroatoms. The summed E-state index contributed by atoms with van der Waals surface area (Å²) in [6.45, 7) is 3.71. The quantitative estimate of drug-likeness (QED) is 0.268. The molecule has 26 heavy (non-hydrogen) atoms. The minimum atomic E-state index is 0. The molecule has 0 heterocycles. The van der Waals surface area contributed by atoms with Gasteiger partial charge in [-0.2, -0.15) is 0 Å². The van der Waals surface area contributed by atoms with Gasteiger partial charge in [0.25, 0.3) is 0 Å². The summed E-state index contributed by atoms with van der Waals surface area (Å²) < 4.78 is 1.29. The maximum Gasteiger partial charge on any atom is 0.0886 e. The average molecular weight is 372 g/mol. The standard InChI is InChI=1S/C24H50N.FH/c1-4-5-6-7-8-9-10-11-12-13-14-15-16-20-23-25(2,3)24-21-18-17-19-22-24;/h24H,4-23H2,1-3H3;1H/q+1;/p-1. The van der Waals surface area contributed by atoms with E-state index in [1.54, 1.807) is 0 Å². The van der Waals surface area contributed by atoms with Crippen molar-refractivity contribution in [3.8, 4) is 0 Å². The number of rotatable bonds is 16. The average Bonchev–Trinajstić information content (AvgIpc) is 2.63. The van der Waals surface area contributed by atoms with Crippen LogP contribution in [0, 0.1) is 0 Å². The molecule has 0 aromatic carbocycles. The van der Waals surface area contributed by atoms with Crippen LogP contribution >= 0.6 is 0 Å². The second-order valence-electron chi connectivity index (χ2n) is 9.39. The zero-order valence-corrected chi connectivity index (χ0v) is 18.5. The molecular formula is C24H50FN. The summed E-state index contributed by atoms with van der Waals surface area (Å²) in [7, 11) is 4.97. The molecule has 0 N–H and O–H groups in total. The van der Waals surface area contributed by atoms with Crippen LogP contribution in [0.25, 0.3) is 0 Å². The Kier molecular flexibility index (Phi) is 16.9. The summed E-state index contributed by atoms with van der Waals surface area (Å²) in [5.74, 6) is 0. The van der Waals surface area contributed by atoms with Gasteiger partial charge in [-0.15, -0.1) is 0 Å². The molecule has 0 atom stereocenters. The van der Waals surface area contributed by atoms with Crippen molar-refractivity contribution < 1.29 is 9.19 Å². The van der Waals surface area contributed by atoms with E-state index in [0.717, 1.165) is 6.04 Å². The lowest BCUT2D eigenvalue weighted by atomic mass is 9.93. The molecular weight excluding hydrogens is 321 g/mol. The van der Waals surface area contributed by atoms with Crippen molar-refractivity contribution in [2.24, 2.45) is 0 Å². The van der Waals surface area contributed by atoms with E-state index >= 15 is 0 Å². The van der Waals surface area contributed by atoms with Gasteiger partial charge in [-0.1, -0.05) is 90.4 Å². The largest absolute Gasteiger partial charge is 1.00 e. The Hall–Kier alpha value is -0.110. The predicted molar refractivity (Wildman–Crippen MR) is 114 cm³/mol. The topological polar surface area (TPSA) is 0 Å². The zero-order valence-electron chi connectivity index (χ0n) is 18.5. The smallest absolute Gasteiger partial charge is 0.0886 e. The minimum Gasteiger partial charge on any atom is -1.00 e. The van der Waals surface area contributed by atoms with E-state index in [1.807, 2.05) is 0 Å². The van der Waals surface area contributed by atoms with E-state index in [0.29, 0.717) is 0 Å². The van der Waals surface area contributed by atoms with E-state index < -0.39 is 0 Å². The van der Waals surface area contributed by atoms with Crippen LogP contribution in [0.2, 0.25) is 0 Å². The van der Waals surface area contributed by atoms with E-state index in [9.17, 15) is 0 Å². The Bertz CT molecular complexity index is 284. The Morgan fingerprint density at radius 3 is 1.38 bits per heavy atom. The molecule has 0 unspecified atom stereocenters. The molecule has 1 aliphatic carbocycles. The summed E-state index contributed by atoms with van der Waals surface area (Å²) in [6, 6.07) is 0.954. The molecule has 1 nitrogen and oxygen atoms in total. The van der Waals surface area contributed by atoms with E-state index in [4.69, 9.17) is 0 Å². The maximum atomic E-state index is 2.48. The van der Waals surface area contributed by atoms with Crippen molar-refractivity contribution in [1.82, 2.24) is 0 Å². The second-order valence-corrected chi connectivity index (χ2v) is 9.39. The van der Waals surface area contributed by atoms with E-state index in [-0.39, 0.29) is 4.70 Å². The van der Waals surface area contributed by atoms with Crippen LogP contribution < -0.4 is 4.70 Å². The highest BCUT2D eigenvalue weighted by molar-refractivity contribution is 4.66. The zero-order chi connectivity index (χ0) is 18.2. The highest BCUT2D eigenvalue weighted by atomic mass is 19.0. The summed E-state index contributed by atoms with van der Waals surface area (Å²) in [4.78, 5) is 0. The third-order valence-corrected chi connectivity index (χ3v) is 6.65. The fourth-order valence-electron chi connectivity index (χ4n) is 4.68. The maximum absolute atomic E-state index is 2.48. The molecule has 1 saturated carbocycles. The van der Waals surface area contributed by atoms with Crippen LogP contribution in [0.5, 0.6) is 0 Å². The normalized spacial score (nSPS) is 15.8. The molecule has 0 bridgehead atoms. The fourth-order valence-corrected chi connectivity index (χ4v) is 4.68. The van der Waals surface area contributed by atoms with Gasteiger partial charge in [-0.05, 0) is 38.5 Å². The summed E-state index contributed by atoms with van der Waals surface area (Å²) in [5.41, 5.74) is 0. The first-order valence-electron chi connectivity index (χ1n) is 12.0. The number of nitrogens with zero attached hydrogens (tertiary/aromatic N) is 1. The second kappa shape index (κ2) is 17.0. The minimum absolute atomic E-state index is 0. The van der Waals surface area contributed by atoms with Crippen LogP contribution in [0.4, 0.5) is 0 Å². The van der Waals surface area contributed by atoms with Gasteiger partial charge in [-0.3, -0.25) is 0 Å². The first-order chi connectivity index (χ1) is 12.2. The molecule has 158 valence electrons. The summed E-state index contributed by atoms with van der Waals surface area (Å²) >= 11 is 0. The molecule has 0 spiro atoms. The number of hydrogen-bond acceptors (Lipinski definition) is 0. The summed E-state index contributed by atoms with van der Waals surface area (Å²) in [6.07, 6.45) is 27.9. The number of unbranched alkanes of at least 4 members (excludes halogenated alkanes) is 13. The lowest BCUT2D eigenvalue weighted by Crippen LogP contribution is -3.00. The number of quaternary nitrogens is 1. The third kappa shape index (κ3) is 13.1. The Balaban J connectivity index is 0.00000625. The van der Waals surface area contributed by atoms with Crippen molar-refractivity contribution in [2.75, 3.05) is 20.6 Å². The van der Waals surface area contributed by atoms with Crippen molar-refractivity contribution in [3.05, 3.63) is 0 Å². The molecule has 1 aliphatic rings. The SMILES string of the molecule is CCCCCCCCCCCCCCCC[N+](C)(C)C1CCCCC1.[F-]. The molecule has 1 fully saturated rings. The van der Waals surface area contributed by atoms with Gasteiger partial charge < -0.3 is 9.19 Å². The lowest BCUT2D eigenvalue weighted by molar-refractivity contribution is -0.916. The first-order valence-corrected chi connectivity index (χ1v) is 12.0. The highest BCUT2D eigenvalue weighted by Gasteiger charge is 2.28. The summed E-state index contributed by atoms with van der Waals surface area (Å²) in [5, 5.41) is 0. The monoisotopic (exact) mass is 371 g/mol. The van der Waals surface area contributed by atoms with Crippen LogP contribution in [-0.2, 0) is 0 Å². The van der Waals surface area contributed by atoms with Crippen LogP contribution in [-0.4, -0.2) is 31.2 Å². The van der Waals surface area contributed by atoms with Crippen LogP contribution in [0.1, 0.15) is 129 Å². The van der Waals surface area contributed by atoms with Crippen molar-refractivity contribution in [3.63, 3.8) is 0 Å². The molecule has 0 aromatic rings. The van der Waals surface area contributed by atoms with E-state index in [2.05, 4.69) is 21.0 Å². The van der Waals surface area contributed by atoms with Crippen LogP contribution in [0.3, 0.4) is 0 Å². The Morgan fingerprint density at radius 1 is 0.577 bits per heavy atom. The van der Waals surface area contributed by atoms with Gasteiger partial charge in [0.2, 0.25) is 0 Å². The van der Waals surface area contributed by atoms with Crippen LogP contribution in [0.15, 0.2) is 0 Å². The van der Waals surface area contributed by atoms with Gasteiger partial charge in [0, 0.05) is 0 Å². The van der Waals surface area contributed by atoms with Gasteiger partial charge in [-0.25, -0.2) is 0 Å². The molecule has 0 aromatic heterocycles. The van der Waals surface area contributed by atoms with Gasteiger partial charge >= 0.3 is 0 Å². The molecule has 0 aliphatic heterocycles. The molecule has 0 saturated heterocycles. The Morgan fingerprint density at radius 2 is 0.962 bits per heavy atom. The number of halogens is 1. The van der Waals surface area contributed by atoms with Gasteiger partial charge in [0.05, 0.1) is 26.7 Å². The highest BCUT2D eigenvalue weighted by Crippen LogP contribution is 2.26. The van der Waals surface area contributed by atoms with Crippen molar-refractivity contribution in [1.29, 1.82) is 0 Å². The van der Waals surface area contributed by atoms with Gasteiger partial charge in [0.15, 0.2) is 0 Å². The van der Waals surface area contributed by atoms with E-state index in [1.165, 1.54) is 133 Å². The van der Waals surface area contributed by atoms with Crippen molar-refractivity contribution >= 4 is 0 Å². The Labute approximate surface area is 165 Å². The molecule has 0 radical (unpaired) electrons. The fraction of sp³-hybridized carbons (Fsp3) is 1.00. The first kappa shape index (κ1) is 25.9. The molecule has 0 amide bonds. The molecule has 1 rings (SSSR count). The van der Waals surface area contributed by atoms with Crippen molar-refractivity contribution in [2.45, 2.75) is 135 Å². The third-order valence-electron chi connectivity index (χ3n) is 6.65.